The molecule has 30 heavy (non-hydrogen) atoms. The zero-order valence-electron chi connectivity index (χ0n) is 16.4. The summed E-state index contributed by atoms with van der Waals surface area (Å²) < 4.78 is 13.3. The Hall–Kier alpha value is -2.32. The third kappa shape index (κ3) is 5.43. The molecule has 0 aliphatic carbocycles. The molecule has 2 aromatic carbocycles. The fraction of sp³-hybridized carbons (Fsp3) is 0.273. The van der Waals surface area contributed by atoms with Crippen LogP contribution in [0, 0.1) is 5.82 Å². The average molecular weight is 445 g/mol. The lowest BCUT2D eigenvalue weighted by atomic mass is 10.2. The smallest absolute Gasteiger partial charge is 0.240 e. The Morgan fingerprint density at radius 1 is 1.10 bits per heavy atom. The third-order valence-corrected chi connectivity index (χ3v) is 6.09. The number of hydrogen-bond acceptors (Lipinski definition) is 5. The van der Waals surface area contributed by atoms with Crippen LogP contribution < -0.4 is 5.32 Å². The van der Waals surface area contributed by atoms with Crippen molar-refractivity contribution in [3.8, 4) is 11.3 Å². The highest BCUT2D eigenvalue weighted by Gasteiger charge is 2.20. The van der Waals surface area contributed by atoms with Gasteiger partial charge in [0.15, 0.2) is 5.13 Å². The van der Waals surface area contributed by atoms with Crippen LogP contribution in [0.2, 0.25) is 5.02 Å². The van der Waals surface area contributed by atoms with E-state index in [4.69, 9.17) is 11.6 Å². The first kappa shape index (κ1) is 20.9. The number of halogens is 2. The molecule has 1 aromatic heterocycles. The molecule has 1 fully saturated rings. The highest BCUT2D eigenvalue weighted by atomic mass is 35.5. The van der Waals surface area contributed by atoms with Crippen LogP contribution in [0.5, 0.6) is 0 Å². The van der Waals surface area contributed by atoms with Gasteiger partial charge in [0.1, 0.15) is 5.82 Å². The Labute approximate surface area is 184 Å². The summed E-state index contributed by atoms with van der Waals surface area (Å²) in [7, 11) is 0. The molecular formula is C22H22ClFN4OS. The minimum Gasteiger partial charge on any atom is -0.301 e. The van der Waals surface area contributed by atoms with E-state index >= 15 is 0 Å². The van der Waals surface area contributed by atoms with Crippen molar-refractivity contribution in [3.05, 3.63) is 70.3 Å². The van der Waals surface area contributed by atoms with Crippen molar-refractivity contribution in [1.29, 1.82) is 0 Å². The molecule has 1 saturated heterocycles. The van der Waals surface area contributed by atoms with Gasteiger partial charge in [0, 0.05) is 43.7 Å². The number of piperazine rings is 1. The van der Waals surface area contributed by atoms with Crippen LogP contribution in [0.1, 0.15) is 5.56 Å². The molecule has 0 spiro atoms. The van der Waals surface area contributed by atoms with Crippen LogP contribution in [0.3, 0.4) is 0 Å². The van der Waals surface area contributed by atoms with Gasteiger partial charge in [-0.3, -0.25) is 14.6 Å². The molecule has 0 atom stereocenters. The Balaban J connectivity index is 1.23. The second-order valence-electron chi connectivity index (χ2n) is 7.25. The first-order valence-corrected chi connectivity index (χ1v) is 11.0. The monoisotopic (exact) mass is 444 g/mol. The van der Waals surface area contributed by atoms with Gasteiger partial charge in [-0.2, -0.15) is 0 Å². The number of nitrogens with one attached hydrogen (secondary N) is 1. The molecular weight excluding hydrogens is 423 g/mol. The molecule has 2 heterocycles. The first-order chi connectivity index (χ1) is 14.6. The number of thiazole rings is 1. The van der Waals surface area contributed by atoms with E-state index in [0.717, 1.165) is 49.5 Å². The molecule has 0 bridgehead atoms. The van der Waals surface area contributed by atoms with Crippen LogP contribution in [0.15, 0.2) is 53.9 Å². The summed E-state index contributed by atoms with van der Waals surface area (Å²) in [4.78, 5) is 21.3. The van der Waals surface area contributed by atoms with Gasteiger partial charge in [-0.05, 0) is 17.7 Å². The molecule has 1 amide bonds. The Morgan fingerprint density at radius 3 is 2.57 bits per heavy atom. The Morgan fingerprint density at radius 2 is 1.83 bits per heavy atom. The highest BCUT2D eigenvalue weighted by molar-refractivity contribution is 7.14. The molecule has 1 aliphatic heterocycles. The predicted molar refractivity (Wildman–Crippen MR) is 119 cm³/mol. The molecule has 8 heteroatoms. The number of benzene rings is 2. The summed E-state index contributed by atoms with van der Waals surface area (Å²) in [5, 5.41) is 5.62. The van der Waals surface area contributed by atoms with Crippen molar-refractivity contribution in [2.24, 2.45) is 0 Å². The maximum atomic E-state index is 13.3. The second kappa shape index (κ2) is 9.66. The SMILES string of the molecule is O=C(CN1CCN(Cc2ccc(F)c(Cl)c2)CC1)Nc1nc(-c2ccccc2)cs1. The van der Waals surface area contributed by atoms with E-state index in [1.165, 1.54) is 17.4 Å². The number of carbonyl (C=O) groups is 1. The van der Waals surface area contributed by atoms with Gasteiger partial charge in [-0.15, -0.1) is 11.3 Å². The number of rotatable bonds is 6. The molecule has 4 rings (SSSR count). The van der Waals surface area contributed by atoms with Crippen LogP contribution in [-0.4, -0.2) is 53.4 Å². The maximum Gasteiger partial charge on any atom is 0.240 e. The van der Waals surface area contributed by atoms with Gasteiger partial charge >= 0.3 is 0 Å². The highest BCUT2D eigenvalue weighted by Crippen LogP contribution is 2.24. The first-order valence-electron chi connectivity index (χ1n) is 9.76. The summed E-state index contributed by atoms with van der Waals surface area (Å²) in [5.74, 6) is -0.449. The summed E-state index contributed by atoms with van der Waals surface area (Å²) >= 11 is 7.30. The van der Waals surface area contributed by atoms with Crippen molar-refractivity contribution in [2.75, 3.05) is 38.0 Å². The van der Waals surface area contributed by atoms with E-state index in [2.05, 4.69) is 20.1 Å². The molecule has 3 aromatic rings. The van der Waals surface area contributed by atoms with Gasteiger partial charge in [0.2, 0.25) is 5.91 Å². The standard InChI is InChI=1S/C22H22ClFN4OS/c23-18-12-16(6-7-19(18)24)13-27-8-10-28(11-9-27)14-21(29)26-22-25-20(15-30-22)17-4-2-1-3-5-17/h1-7,12,15H,8-11,13-14H2,(H,25,26,29). The molecule has 0 radical (unpaired) electrons. The minimum absolute atomic E-state index is 0.0530. The summed E-state index contributed by atoms with van der Waals surface area (Å²) in [6.07, 6.45) is 0. The van der Waals surface area contributed by atoms with Crippen molar-refractivity contribution >= 4 is 34.0 Å². The average Bonchev–Trinajstić information content (AvgIpc) is 3.21. The Kier molecular flexibility index (Phi) is 6.74. The fourth-order valence-corrected chi connectivity index (χ4v) is 4.38. The number of carbonyl (C=O) groups excluding carboxylic acids is 1. The van der Waals surface area contributed by atoms with Crippen LogP contribution in [-0.2, 0) is 11.3 Å². The number of aromatic nitrogens is 1. The van der Waals surface area contributed by atoms with E-state index in [1.807, 2.05) is 35.7 Å². The van der Waals surface area contributed by atoms with Crippen molar-refractivity contribution in [2.45, 2.75) is 6.54 Å². The lowest BCUT2D eigenvalue weighted by molar-refractivity contribution is -0.117. The van der Waals surface area contributed by atoms with Crippen molar-refractivity contribution < 1.29 is 9.18 Å². The lowest BCUT2D eigenvalue weighted by Crippen LogP contribution is -2.48. The van der Waals surface area contributed by atoms with Gasteiger partial charge in [-0.25, -0.2) is 9.37 Å². The lowest BCUT2D eigenvalue weighted by Gasteiger charge is -2.34. The summed E-state index contributed by atoms with van der Waals surface area (Å²) in [5.41, 5.74) is 2.89. The van der Waals surface area contributed by atoms with E-state index in [-0.39, 0.29) is 10.9 Å². The van der Waals surface area contributed by atoms with Crippen LogP contribution >= 0.6 is 22.9 Å². The van der Waals surface area contributed by atoms with Gasteiger partial charge in [0.25, 0.3) is 0 Å². The normalized spacial score (nSPS) is 15.3. The largest absolute Gasteiger partial charge is 0.301 e. The van der Waals surface area contributed by atoms with Gasteiger partial charge in [-0.1, -0.05) is 48.0 Å². The quantitative estimate of drug-likeness (QED) is 0.613. The van der Waals surface area contributed by atoms with E-state index in [0.29, 0.717) is 11.7 Å². The molecule has 1 aliphatic rings. The predicted octanol–water partition coefficient (Wildman–Crippen LogP) is 4.36. The van der Waals surface area contributed by atoms with Gasteiger partial charge < -0.3 is 5.32 Å². The van der Waals surface area contributed by atoms with Crippen LogP contribution in [0.4, 0.5) is 9.52 Å². The third-order valence-electron chi connectivity index (χ3n) is 5.04. The van der Waals surface area contributed by atoms with Crippen molar-refractivity contribution in [1.82, 2.24) is 14.8 Å². The Bertz CT molecular complexity index is 1010. The number of hydrogen-bond donors (Lipinski definition) is 1. The second-order valence-corrected chi connectivity index (χ2v) is 8.52. The van der Waals surface area contributed by atoms with E-state index in [9.17, 15) is 9.18 Å². The molecule has 0 saturated carbocycles. The molecule has 0 unspecified atom stereocenters. The molecule has 5 nitrogen and oxygen atoms in total. The maximum absolute atomic E-state index is 13.3. The van der Waals surface area contributed by atoms with Crippen LogP contribution in [0.25, 0.3) is 11.3 Å². The zero-order valence-corrected chi connectivity index (χ0v) is 17.9. The topological polar surface area (TPSA) is 48.5 Å². The minimum atomic E-state index is -0.396. The van der Waals surface area contributed by atoms with E-state index < -0.39 is 5.82 Å². The molecule has 156 valence electrons. The summed E-state index contributed by atoms with van der Waals surface area (Å²) in [6.45, 7) is 4.36. The summed E-state index contributed by atoms with van der Waals surface area (Å²) in [6, 6.07) is 14.7. The molecule has 1 N–H and O–H groups in total. The zero-order chi connectivity index (χ0) is 20.9. The fourth-order valence-electron chi connectivity index (χ4n) is 3.44. The number of anilines is 1. The van der Waals surface area contributed by atoms with Crippen molar-refractivity contribution in [3.63, 3.8) is 0 Å². The number of nitrogens with zero attached hydrogens (tertiary/aromatic N) is 3. The van der Waals surface area contributed by atoms with Gasteiger partial charge in [0.05, 0.1) is 17.3 Å². The number of amides is 1. The van der Waals surface area contributed by atoms with E-state index in [1.54, 1.807) is 12.1 Å².